The summed E-state index contributed by atoms with van der Waals surface area (Å²) >= 11 is 0. The van der Waals surface area contributed by atoms with E-state index < -0.39 is 0 Å². The highest BCUT2D eigenvalue weighted by molar-refractivity contribution is 6.03. The number of hydrogen-bond acceptors (Lipinski definition) is 4. The first kappa shape index (κ1) is 25.6. The SMILES string of the molecule is Cc1cccc(C2N(CC(C)C)CC(C(=O)c3c(C)cccc3C)N2CCCN2CCCC2=O)c1. The molecule has 0 radical (unpaired) electrons. The van der Waals surface area contributed by atoms with E-state index in [0.29, 0.717) is 12.3 Å². The van der Waals surface area contributed by atoms with Crippen molar-refractivity contribution in [3.63, 3.8) is 0 Å². The van der Waals surface area contributed by atoms with Crippen LogP contribution in [-0.2, 0) is 4.79 Å². The fourth-order valence-corrected chi connectivity index (χ4v) is 5.95. The number of aryl methyl sites for hydroxylation is 3. The molecule has 2 aliphatic rings. The molecule has 0 aliphatic carbocycles. The molecule has 0 N–H and O–H groups in total. The normalized spacial score (nSPS) is 21.4. The van der Waals surface area contributed by atoms with Crippen molar-refractivity contribution in [2.24, 2.45) is 5.92 Å². The van der Waals surface area contributed by atoms with Crippen LogP contribution in [0.15, 0.2) is 42.5 Å². The Hall–Kier alpha value is -2.50. The summed E-state index contributed by atoms with van der Waals surface area (Å²) in [7, 11) is 0. The Kier molecular flexibility index (Phi) is 8.08. The van der Waals surface area contributed by atoms with Gasteiger partial charge >= 0.3 is 0 Å². The number of carbonyl (C=O) groups excluding carboxylic acids is 2. The highest BCUT2D eigenvalue weighted by Gasteiger charge is 2.44. The Labute approximate surface area is 211 Å². The first-order chi connectivity index (χ1) is 16.8. The maximum Gasteiger partial charge on any atom is 0.222 e. The highest BCUT2D eigenvalue weighted by Crippen LogP contribution is 2.36. The fraction of sp³-hybridized carbons (Fsp3) is 0.533. The van der Waals surface area contributed by atoms with Crippen molar-refractivity contribution in [2.75, 3.05) is 32.7 Å². The van der Waals surface area contributed by atoms with Crippen molar-refractivity contribution < 1.29 is 9.59 Å². The molecule has 2 fully saturated rings. The average molecular weight is 476 g/mol. The quantitative estimate of drug-likeness (QED) is 0.471. The average Bonchev–Trinajstić information content (AvgIpc) is 3.36. The number of benzene rings is 2. The van der Waals surface area contributed by atoms with Crippen LogP contribution in [-0.4, -0.2) is 65.2 Å². The molecule has 35 heavy (non-hydrogen) atoms. The van der Waals surface area contributed by atoms with Gasteiger partial charge in [0.15, 0.2) is 5.78 Å². The van der Waals surface area contributed by atoms with Gasteiger partial charge in [-0.15, -0.1) is 0 Å². The van der Waals surface area contributed by atoms with Crippen LogP contribution in [0, 0.1) is 26.7 Å². The summed E-state index contributed by atoms with van der Waals surface area (Å²) in [5.41, 5.74) is 5.45. The van der Waals surface area contributed by atoms with Crippen LogP contribution in [0.25, 0.3) is 0 Å². The molecule has 2 aromatic carbocycles. The van der Waals surface area contributed by atoms with E-state index in [0.717, 1.165) is 62.3 Å². The molecule has 2 atom stereocenters. The molecule has 2 aliphatic heterocycles. The van der Waals surface area contributed by atoms with Crippen molar-refractivity contribution in [1.82, 2.24) is 14.7 Å². The van der Waals surface area contributed by atoms with Gasteiger partial charge in [-0.05, 0) is 56.2 Å². The van der Waals surface area contributed by atoms with E-state index in [4.69, 9.17) is 0 Å². The predicted octanol–water partition coefficient (Wildman–Crippen LogP) is 5.15. The minimum atomic E-state index is -0.201. The van der Waals surface area contributed by atoms with Gasteiger partial charge < -0.3 is 4.90 Å². The number of rotatable bonds is 9. The summed E-state index contributed by atoms with van der Waals surface area (Å²) in [5.74, 6) is 0.994. The Morgan fingerprint density at radius 2 is 1.74 bits per heavy atom. The molecule has 2 saturated heterocycles. The van der Waals surface area contributed by atoms with Crippen LogP contribution in [0.5, 0.6) is 0 Å². The number of Topliss-reactive ketones (excluding diaryl/α,β-unsaturated/α-hetero) is 1. The number of hydrogen-bond donors (Lipinski definition) is 0. The van der Waals surface area contributed by atoms with Gasteiger partial charge in [0.2, 0.25) is 5.91 Å². The molecule has 2 heterocycles. The van der Waals surface area contributed by atoms with Gasteiger partial charge in [0.05, 0.1) is 12.2 Å². The molecule has 5 nitrogen and oxygen atoms in total. The molecule has 4 rings (SSSR count). The standard InChI is InChI=1S/C30H41N3O2/c1-21(2)19-32-20-26(29(35)28-23(4)11-7-12-24(28)5)33(17-9-16-31-15-8-14-27(31)34)30(32)25-13-6-10-22(3)18-25/h6-7,10-13,18,21,26,30H,8-9,14-17,19-20H2,1-5H3. The van der Waals surface area contributed by atoms with Crippen molar-refractivity contribution in [3.05, 3.63) is 70.3 Å². The summed E-state index contributed by atoms with van der Waals surface area (Å²) in [6, 6.07) is 14.6. The number of nitrogens with zero attached hydrogens (tertiary/aromatic N) is 3. The van der Waals surface area contributed by atoms with Gasteiger partial charge in [0.1, 0.15) is 0 Å². The second kappa shape index (κ2) is 11.0. The zero-order valence-corrected chi connectivity index (χ0v) is 22.1. The van der Waals surface area contributed by atoms with Crippen molar-refractivity contribution in [2.45, 2.75) is 66.1 Å². The Morgan fingerprint density at radius 3 is 2.37 bits per heavy atom. The molecular weight excluding hydrogens is 434 g/mol. The van der Waals surface area contributed by atoms with Crippen molar-refractivity contribution in [3.8, 4) is 0 Å². The largest absolute Gasteiger partial charge is 0.343 e. The van der Waals surface area contributed by atoms with E-state index >= 15 is 0 Å². The lowest BCUT2D eigenvalue weighted by Crippen LogP contribution is -2.41. The second-order valence-corrected chi connectivity index (χ2v) is 10.9. The first-order valence-electron chi connectivity index (χ1n) is 13.2. The Bertz CT molecular complexity index is 1040. The summed E-state index contributed by atoms with van der Waals surface area (Å²) in [6.07, 6.45) is 2.57. The minimum Gasteiger partial charge on any atom is -0.343 e. The third-order valence-electron chi connectivity index (χ3n) is 7.45. The van der Waals surface area contributed by atoms with E-state index in [9.17, 15) is 9.59 Å². The van der Waals surface area contributed by atoms with E-state index in [1.54, 1.807) is 0 Å². The lowest BCUT2D eigenvalue weighted by molar-refractivity contribution is -0.127. The van der Waals surface area contributed by atoms with Crippen LogP contribution >= 0.6 is 0 Å². The van der Waals surface area contributed by atoms with Gasteiger partial charge in [-0.3, -0.25) is 19.4 Å². The van der Waals surface area contributed by atoms with Gasteiger partial charge in [-0.2, -0.15) is 0 Å². The molecule has 0 aromatic heterocycles. The van der Waals surface area contributed by atoms with Gasteiger partial charge in [-0.1, -0.05) is 61.9 Å². The van der Waals surface area contributed by atoms with E-state index in [-0.39, 0.29) is 23.9 Å². The van der Waals surface area contributed by atoms with E-state index in [2.05, 4.69) is 54.8 Å². The van der Waals surface area contributed by atoms with Crippen LogP contribution in [0.4, 0.5) is 0 Å². The number of ketones is 1. The molecule has 2 aromatic rings. The maximum absolute atomic E-state index is 14.1. The first-order valence-corrected chi connectivity index (χ1v) is 13.2. The lowest BCUT2D eigenvalue weighted by atomic mass is 9.94. The third kappa shape index (κ3) is 5.68. The molecular formula is C30H41N3O2. The summed E-state index contributed by atoms with van der Waals surface area (Å²) in [6.45, 7) is 14.8. The van der Waals surface area contributed by atoms with Crippen LogP contribution < -0.4 is 0 Å². The second-order valence-electron chi connectivity index (χ2n) is 10.9. The van der Waals surface area contributed by atoms with Gasteiger partial charge in [0.25, 0.3) is 0 Å². The number of amides is 1. The van der Waals surface area contributed by atoms with Crippen molar-refractivity contribution in [1.29, 1.82) is 0 Å². The van der Waals surface area contributed by atoms with Gasteiger partial charge in [0, 0.05) is 44.7 Å². The van der Waals surface area contributed by atoms with Crippen LogP contribution in [0.3, 0.4) is 0 Å². The maximum atomic E-state index is 14.1. The zero-order valence-electron chi connectivity index (χ0n) is 22.1. The minimum absolute atomic E-state index is 0.0601. The van der Waals surface area contributed by atoms with Crippen LogP contribution in [0.1, 0.15) is 71.9 Å². The monoisotopic (exact) mass is 475 g/mol. The molecule has 1 amide bonds. The molecule has 2 unspecified atom stereocenters. The molecule has 0 spiro atoms. The molecule has 5 heteroatoms. The summed E-state index contributed by atoms with van der Waals surface area (Å²) < 4.78 is 0. The predicted molar refractivity (Wildman–Crippen MR) is 142 cm³/mol. The highest BCUT2D eigenvalue weighted by atomic mass is 16.2. The van der Waals surface area contributed by atoms with Crippen LogP contribution in [0.2, 0.25) is 0 Å². The lowest BCUT2D eigenvalue weighted by Gasteiger charge is -2.33. The molecule has 0 saturated carbocycles. The third-order valence-corrected chi connectivity index (χ3v) is 7.45. The van der Waals surface area contributed by atoms with E-state index in [1.807, 2.05) is 36.9 Å². The summed E-state index contributed by atoms with van der Waals surface area (Å²) in [4.78, 5) is 33.2. The topological polar surface area (TPSA) is 43.9 Å². The molecule has 188 valence electrons. The van der Waals surface area contributed by atoms with E-state index in [1.165, 1.54) is 11.1 Å². The fourth-order valence-electron chi connectivity index (χ4n) is 5.95. The number of carbonyl (C=O) groups is 2. The van der Waals surface area contributed by atoms with Gasteiger partial charge in [-0.25, -0.2) is 0 Å². The van der Waals surface area contributed by atoms with Crippen molar-refractivity contribution >= 4 is 11.7 Å². The zero-order chi connectivity index (χ0) is 25.1. The number of likely N-dealkylation sites (tertiary alicyclic amines) is 1. The molecule has 0 bridgehead atoms. The smallest absolute Gasteiger partial charge is 0.222 e. The summed E-state index contributed by atoms with van der Waals surface area (Å²) in [5, 5.41) is 0. The Balaban J connectivity index is 1.68. The Morgan fingerprint density at radius 1 is 1.03 bits per heavy atom.